The van der Waals surface area contributed by atoms with E-state index in [1.165, 1.54) is 11.3 Å². The number of allylic oxidation sites excluding steroid dienone is 1. The van der Waals surface area contributed by atoms with Gasteiger partial charge in [-0.1, -0.05) is 26.0 Å². The topological polar surface area (TPSA) is 129 Å². The van der Waals surface area contributed by atoms with Crippen LogP contribution in [0.1, 0.15) is 55.8 Å². The van der Waals surface area contributed by atoms with Crippen LogP contribution in [-0.4, -0.2) is 53.7 Å². The van der Waals surface area contributed by atoms with Crippen LogP contribution in [0, 0.1) is 17.2 Å². The van der Waals surface area contributed by atoms with Gasteiger partial charge in [-0.2, -0.15) is 10.4 Å². The summed E-state index contributed by atoms with van der Waals surface area (Å²) in [6.07, 6.45) is 6.78. The summed E-state index contributed by atoms with van der Waals surface area (Å²) in [6, 6.07) is 12.8. The van der Waals surface area contributed by atoms with Crippen LogP contribution in [0.4, 0.5) is 5.95 Å². The summed E-state index contributed by atoms with van der Waals surface area (Å²) < 4.78 is 3.61. The highest BCUT2D eigenvalue weighted by Gasteiger charge is 2.32. The van der Waals surface area contributed by atoms with E-state index < -0.39 is 5.60 Å². The molecule has 212 valence electrons. The molecule has 0 spiro atoms. The molecule has 4 aromatic rings. The number of hydrogen-bond acceptors (Lipinski definition) is 7. The van der Waals surface area contributed by atoms with Crippen LogP contribution >= 0.6 is 11.3 Å². The SMILES string of the molecule is CC(C)C=C(C#N)C(=O)N1CCC[C@@H]1Cn1c(NC(=O)c2ccc(-n3cccn3)s2)nc2cc(C(C)(C)O)ccc21. The Labute approximate surface area is 242 Å². The summed E-state index contributed by atoms with van der Waals surface area (Å²) in [5, 5.41) is 28.2. The molecule has 11 heteroatoms. The molecule has 0 unspecified atom stereocenters. The molecule has 2 N–H and O–H groups in total. The zero-order chi connectivity index (χ0) is 29.3. The number of carbonyl (C=O) groups is 2. The molecule has 1 atom stereocenters. The van der Waals surface area contributed by atoms with Crippen molar-refractivity contribution in [3.05, 3.63) is 70.9 Å². The maximum Gasteiger partial charge on any atom is 0.268 e. The predicted octanol–water partition coefficient (Wildman–Crippen LogP) is 4.86. The lowest BCUT2D eigenvalue weighted by molar-refractivity contribution is -0.127. The summed E-state index contributed by atoms with van der Waals surface area (Å²) in [5.74, 6) is -0.152. The number of amides is 2. The van der Waals surface area contributed by atoms with Crippen molar-refractivity contribution in [3.8, 4) is 11.1 Å². The zero-order valence-corrected chi connectivity index (χ0v) is 24.4. The molecule has 1 aromatic carbocycles. The first-order chi connectivity index (χ1) is 19.5. The van der Waals surface area contributed by atoms with Crippen LogP contribution in [0.15, 0.2) is 60.4 Å². The van der Waals surface area contributed by atoms with Crippen molar-refractivity contribution in [1.82, 2.24) is 24.2 Å². The Hall–Kier alpha value is -4.27. The number of aliphatic hydroxyl groups is 1. The van der Waals surface area contributed by atoms with Gasteiger partial charge in [-0.15, -0.1) is 11.3 Å². The number of nitrogens with one attached hydrogen (secondary N) is 1. The fraction of sp³-hybridized carbons (Fsp3) is 0.367. The van der Waals surface area contributed by atoms with Crippen molar-refractivity contribution in [3.63, 3.8) is 0 Å². The fourth-order valence-electron chi connectivity index (χ4n) is 5.07. The molecular formula is C30H33N7O3S. The average molecular weight is 572 g/mol. The largest absolute Gasteiger partial charge is 0.386 e. The number of thiophene rings is 1. The van der Waals surface area contributed by atoms with Crippen LogP contribution < -0.4 is 5.32 Å². The van der Waals surface area contributed by atoms with Gasteiger partial charge in [0.1, 0.15) is 16.6 Å². The first-order valence-electron chi connectivity index (χ1n) is 13.6. The number of aromatic nitrogens is 4. The monoisotopic (exact) mass is 571 g/mol. The van der Waals surface area contributed by atoms with Gasteiger partial charge < -0.3 is 14.6 Å². The normalized spacial score (nSPS) is 16.0. The molecule has 1 fully saturated rings. The molecule has 0 radical (unpaired) electrons. The average Bonchev–Trinajstić information content (AvgIpc) is 3.73. The second kappa shape index (κ2) is 11.3. The molecule has 1 saturated heterocycles. The van der Waals surface area contributed by atoms with E-state index in [9.17, 15) is 20.0 Å². The summed E-state index contributed by atoms with van der Waals surface area (Å²) in [5.41, 5.74) is 1.18. The van der Waals surface area contributed by atoms with Gasteiger partial charge in [0.25, 0.3) is 11.8 Å². The third kappa shape index (κ3) is 5.94. The summed E-state index contributed by atoms with van der Waals surface area (Å²) in [6.45, 7) is 8.24. The van der Waals surface area contributed by atoms with Crippen molar-refractivity contribution in [2.45, 2.75) is 58.7 Å². The van der Waals surface area contributed by atoms with E-state index in [2.05, 4.69) is 16.5 Å². The maximum absolute atomic E-state index is 13.4. The van der Waals surface area contributed by atoms with Gasteiger partial charge in [0.05, 0.1) is 27.6 Å². The number of carbonyl (C=O) groups excluding carboxylic acids is 2. The van der Waals surface area contributed by atoms with Gasteiger partial charge in [-0.25, -0.2) is 9.67 Å². The zero-order valence-electron chi connectivity index (χ0n) is 23.5. The Morgan fingerprint density at radius 1 is 1.29 bits per heavy atom. The highest BCUT2D eigenvalue weighted by atomic mass is 32.1. The molecule has 2 amide bonds. The molecule has 0 bridgehead atoms. The Morgan fingerprint density at radius 2 is 2.10 bits per heavy atom. The van der Waals surface area contributed by atoms with Crippen LogP contribution in [0.2, 0.25) is 0 Å². The van der Waals surface area contributed by atoms with Gasteiger partial charge in [-0.05, 0) is 68.5 Å². The van der Waals surface area contributed by atoms with Crippen LogP contribution in [0.25, 0.3) is 16.0 Å². The molecule has 10 nitrogen and oxygen atoms in total. The van der Waals surface area contributed by atoms with Crippen molar-refractivity contribution >= 4 is 40.1 Å². The minimum absolute atomic E-state index is 0.0742. The molecule has 3 aromatic heterocycles. The molecule has 0 aliphatic carbocycles. The van der Waals surface area contributed by atoms with Crippen molar-refractivity contribution in [2.24, 2.45) is 5.92 Å². The highest BCUT2D eigenvalue weighted by molar-refractivity contribution is 7.16. The number of rotatable bonds is 8. The lowest BCUT2D eigenvalue weighted by atomic mass is 9.98. The molecular weight excluding hydrogens is 538 g/mol. The van der Waals surface area contributed by atoms with E-state index in [4.69, 9.17) is 4.98 Å². The number of anilines is 1. The Kier molecular flexibility index (Phi) is 7.80. The quantitative estimate of drug-likeness (QED) is 0.230. The number of fused-ring (bicyclic) bond motifs is 1. The first-order valence-corrected chi connectivity index (χ1v) is 14.4. The standard InChI is InChI=1S/C30H33N7O3S/c1-19(2)15-20(17-31)28(39)35-13-5-7-22(35)18-36-24-9-8-21(30(3,4)40)16-23(24)33-29(36)34-27(38)25-10-11-26(41-25)37-14-6-12-32-37/h6,8-12,14-16,19,22,40H,5,7,13,18H2,1-4H3,(H,33,34,38)/t22-/m1/s1. The molecule has 1 aliphatic rings. The molecule has 0 saturated carbocycles. The molecule has 4 heterocycles. The minimum atomic E-state index is -1.06. The Bertz CT molecular complexity index is 1650. The third-order valence-corrected chi connectivity index (χ3v) is 8.18. The first kappa shape index (κ1) is 28.3. The second-order valence-corrected chi connectivity index (χ2v) is 12.1. The van der Waals surface area contributed by atoms with Crippen LogP contribution in [-0.2, 0) is 16.9 Å². The van der Waals surface area contributed by atoms with E-state index in [0.29, 0.717) is 35.0 Å². The van der Waals surface area contributed by atoms with Crippen LogP contribution in [0.5, 0.6) is 0 Å². The fourth-order valence-corrected chi connectivity index (χ4v) is 5.92. The maximum atomic E-state index is 13.4. The van der Waals surface area contributed by atoms with Gasteiger partial charge in [0, 0.05) is 25.5 Å². The minimum Gasteiger partial charge on any atom is -0.386 e. The number of nitrogens with zero attached hydrogens (tertiary/aromatic N) is 6. The number of benzene rings is 1. The lowest BCUT2D eigenvalue weighted by Gasteiger charge is -2.26. The van der Waals surface area contributed by atoms with E-state index in [0.717, 1.165) is 23.4 Å². The van der Waals surface area contributed by atoms with Gasteiger partial charge >= 0.3 is 0 Å². The molecule has 1 aliphatic heterocycles. The summed E-state index contributed by atoms with van der Waals surface area (Å²) in [7, 11) is 0. The number of likely N-dealkylation sites (tertiary alicyclic amines) is 1. The predicted molar refractivity (Wildman–Crippen MR) is 158 cm³/mol. The number of hydrogen-bond donors (Lipinski definition) is 2. The number of nitriles is 1. The van der Waals surface area contributed by atoms with Crippen molar-refractivity contribution in [2.75, 3.05) is 11.9 Å². The Balaban J connectivity index is 1.48. The lowest BCUT2D eigenvalue weighted by Crippen LogP contribution is -2.39. The van der Waals surface area contributed by atoms with E-state index in [1.54, 1.807) is 41.8 Å². The van der Waals surface area contributed by atoms with E-state index >= 15 is 0 Å². The third-order valence-electron chi connectivity index (χ3n) is 7.11. The second-order valence-electron chi connectivity index (χ2n) is 11.1. The van der Waals surface area contributed by atoms with Crippen molar-refractivity contribution in [1.29, 1.82) is 5.26 Å². The van der Waals surface area contributed by atoms with Crippen LogP contribution in [0.3, 0.4) is 0 Å². The van der Waals surface area contributed by atoms with Crippen molar-refractivity contribution < 1.29 is 14.7 Å². The van der Waals surface area contributed by atoms with Gasteiger partial charge in [-0.3, -0.25) is 14.9 Å². The Morgan fingerprint density at radius 3 is 2.78 bits per heavy atom. The number of imidazole rings is 1. The highest BCUT2D eigenvalue weighted by Crippen LogP contribution is 2.30. The van der Waals surface area contributed by atoms with E-state index in [1.807, 2.05) is 54.9 Å². The molecule has 5 rings (SSSR count). The summed E-state index contributed by atoms with van der Waals surface area (Å²) >= 11 is 1.31. The molecule has 41 heavy (non-hydrogen) atoms. The summed E-state index contributed by atoms with van der Waals surface area (Å²) in [4.78, 5) is 33.7. The smallest absolute Gasteiger partial charge is 0.268 e. The van der Waals surface area contributed by atoms with Gasteiger partial charge in [0.15, 0.2) is 0 Å². The van der Waals surface area contributed by atoms with E-state index in [-0.39, 0.29) is 29.3 Å². The van der Waals surface area contributed by atoms with Gasteiger partial charge in [0.2, 0.25) is 5.95 Å².